The van der Waals surface area contributed by atoms with E-state index in [1.54, 1.807) is 0 Å². The van der Waals surface area contributed by atoms with Crippen LogP contribution in [0, 0.1) is 17.7 Å². The molecule has 0 aromatic heterocycles. The molecule has 3 aliphatic heterocycles. The van der Waals surface area contributed by atoms with Gasteiger partial charge in [0.1, 0.15) is 5.75 Å². The summed E-state index contributed by atoms with van der Waals surface area (Å²) in [5.74, 6) is 1.73. The van der Waals surface area contributed by atoms with Crippen LogP contribution in [0.25, 0.3) is 5.57 Å². The first-order valence-corrected chi connectivity index (χ1v) is 13.7. The van der Waals surface area contributed by atoms with Gasteiger partial charge in [-0.05, 0) is 70.2 Å². The lowest BCUT2D eigenvalue weighted by atomic mass is 9.74. The Bertz CT molecular complexity index is 880. The molecule has 34 heavy (non-hydrogen) atoms. The minimum absolute atomic E-state index is 0.0526. The molecule has 1 saturated carbocycles. The van der Waals surface area contributed by atoms with E-state index in [1.807, 2.05) is 6.07 Å². The molecule has 0 spiro atoms. The highest BCUT2D eigenvalue weighted by Crippen LogP contribution is 2.43. The molecule has 0 amide bonds. The van der Waals surface area contributed by atoms with E-state index in [-0.39, 0.29) is 12.0 Å². The molecule has 1 aliphatic carbocycles. The van der Waals surface area contributed by atoms with Gasteiger partial charge in [-0.2, -0.15) is 0 Å². The van der Waals surface area contributed by atoms with Crippen LogP contribution < -0.4 is 26.0 Å². The second-order valence-electron chi connectivity index (χ2n) is 10.9. The Hall–Kier alpha value is -1.63. The maximum Gasteiger partial charge on any atom is 0.157 e. The Balaban J connectivity index is 1.49. The Morgan fingerprint density at radius 2 is 1.91 bits per heavy atom. The summed E-state index contributed by atoms with van der Waals surface area (Å²) >= 11 is 0. The molecule has 4 atom stereocenters. The van der Waals surface area contributed by atoms with E-state index in [1.165, 1.54) is 38.5 Å². The summed E-state index contributed by atoms with van der Waals surface area (Å²) in [7, 11) is 2.10. The second kappa shape index (κ2) is 11.0. The Morgan fingerprint density at radius 3 is 2.71 bits per heavy atom. The van der Waals surface area contributed by atoms with Crippen molar-refractivity contribution in [3.63, 3.8) is 0 Å². The lowest BCUT2D eigenvalue weighted by Gasteiger charge is -2.46. The average molecular weight is 471 g/mol. The van der Waals surface area contributed by atoms with Crippen LogP contribution in [0.1, 0.15) is 75.8 Å². The van der Waals surface area contributed by atoms with Gasteiger partial charge in [0.05, 0.1) is 24.0 Å². The molecule has 4 aliphatic rings. The van der Waals surface area contributed by atoms with Gasteiger partial charge in [-0.3, -0.25) is 5.32 Å². The summed E-state index contributed by atoms with van der Waals surface area (Å²) in [6, 6.07) is 2.84. The van der Waals surface area contributed by atoms with Gasteiger partial charge in [-0.25, -0.2) is 4.39 Å². The Kier molecular flexibility index (Phi) is 7.77. The molecule has 4 N–H and O–H groups in total. The lowest BCUT2D eigenvalue weighted by Crippen LogP contribution is -2.61. The third-order valence-electron chi connectivity index (χ3n) is 8.57. The minimum atomic E-state index is -0.144. The zero-order chi connectivity index (χ0) is 23.5. The van der Waals surface area contributed by atoms with Crippen molar-refractivity contribution in [1.82, 2.24) is 16.0 Å². The maximum atomic E-state index is 16.3. The van der Waals surface area contributed by atoms with Crippen molar-refractivity contribution in [2.75, 3.05) is 32.1 Å². The standard InChI is InChI=1S/C28H43FN4O/c1-18-16-22(30-2)24(19-8-5-3-4-6-9-19)28(32-18)33-23-17-21-12-15-34-27(21)25(26(23)29)20-10-7-13-31-14-11-20/h11,17-19,22,24,28,30-33H,3-10,12-16H2,1-2H3. The normalized spacial score (nSPS) is 30.6. The number of rotatable bonds is 5. The highest BCUT2D eigenvalue weighted by Gasteiger charge is 2.41. The first-order chi connectivity index (χ1) is 16.7. The first kappa shape index (κ1) is 24.1. The van der Waals surface area contributed by atoms with Gasteiger partial charge < -0.3 is 20.7 Å². The van der Waals surface area contributed by atoms with Gasteiger partial charge in [0.15, 0.2) is 5.82 Å². The molecule has 1 aromatic carbocycles. The van der Waals surface area contributed by atoms with E-state index in [0.717, 1.165) is 55.7 Å². The van der Waals surface area contributed by atoms with Crippen molar-refractivity contribution in [1.29, 1.82) is 0 Å². The van der Waals surface area contributed by atoms with E-state index in [4.69, 9.17) is 4.74 Å². The zero-order valence-electron chi connectivity index (χ0n) is 21.0. The molecule has 3 heterocycles. The topological polar surface area (TPSA) is 57.3 Å². The van der Waals surface area contributed by atoms with Gasteiger partial charge in [-0.1, -0.05) is 31.8 Å². The third kappa shape index (κ3) is 5.00. The molecule has 4 unspecified atom stereocenters. The molecule has 5 nitrogen and oxygen atoms in total. The van der Waals surface area contributed by atoms with E-state index in [9.17, 15) is 0 Å². The number of benzene rings is 1. The number of halogens is 1. The van der Waals surface area contributed by atoms with Crippen LogP contribution in [0.3, 0.4) is 0 Å². The van der Waals surface area contributed by atoms with Crippen LogP contribution in [-0.2, 0) is 6.42 Å². The quantitative estimate of drug-likeness (QED) is 0.465. The van der Waals surface area contributed by atoms with Crippen LogP contribution in [0.2, 0.25) is 0 Å². The predicted molar refractivity (Wildman–Crippen MR) is 138 cm³/mol. The number of anilines is 1. The third-order valence-corrected chi connectivity index (χ3v) is 8.57. The number of hydrogen-bond donors (Lipinski definition) is 4. The number of fused-ring (bicyclic) bond motifs is 1. The molecule has 1 saturated heterocycles. The largest absolute Gasteiger partial charge is 0.492 e. The molecule has 0 radical (unpaired) electrons. The second-order valence-corrected chi connectivity index (χ2v) is 10.9. The SMILES string of the molecule is CNC1CC(C)NC(Nc2cc3c(c(C4=CCNCCC4)c2F)OCC3)C1C1CCCCCC1. The molecule has 2 fully saturated rings. The van der Waals surface area contributed by atoms with Crippen molar-refractivity contribution in [3.05, 3.63) is 29.1 Å². The van der Waals surface area contributed by atoms with Crippen LogP contribution in [0.5, 0.6) is 5.75 Å². The van der Waals surface area contributed by atoms with Gasteiger partial charge in [0.2, 0.25) is 0 Å². The molecule has 1 aromatic rings. The molecule has 0 bridgehead atoms. The fourth-order valence-corrected chi connectivity index (χ4v) is 6.90. The average Bonchev–Trinajstić information content (AvgIpc) is 3.02. The van der Waals surface area contributed by atoms with Crippen molar-refractivity contribution < 1.29 is 9.13 Å². The summed E-state index contributed by atoms with van der Waals surface area (Å²) in [6.45, 7) is 4.66. The summed E-state index contributed by atoms with van der Waals surface area (Å²) in [4.78, 5) is 0. The van der Waals surface area contributed by atoms with Gasteiger partial charge in [-0.15, -0.1) is 0 Å². The minimum Gasteiger partial charge on any atom is -0.492 e. The number of allylic oxidation sites excluding steroid dienone is 1. The van der Waals surface area contributed by atoms with Gasteiger partial charge in [0.25, 0.3) is 0 Å². The van der Waals surface area contributed by atoms with Gasteiger partial charge in [0, 0.05) is 36.5 Å². The summed E-state index contributed by atoms with van der Waals surface area (Å²) in [6.07, 6.45) is 14.0. The van der Waals surface area contributed by atoms with Crippen molar-refractivity contribution in [2.24, 2.45) is 11.8 Å². The van der Waals surface area contributed by atoms with Crippen molar-refractivity contribution >= 4 is 11.3 Å². The molecular weight excluding hydrogens is 427 g/mol. The maximum absolute atomic E-state index is 16.3. The summed E-state index contributed by atoms with van der Waals surface area (Å²) in [5, 5.41) is 14.6. The molecule has 5 rings (SSSR count). The van der Waals surface area contributed by atoms with Crippen LogP contribution in [0.4, 0.5) is 10.1 Å². The van der Waals surface area contributed by atoms with Crippen molar-refractivity contribution in [3.8, 4) is 5.75 Å². The van der Waals surface area contributed by atoms with Crippen LogP contribution in [-0.4, -0.2) is 45.0 Å². The smallest absolute Gasteiger partial charge is 0.157 e. The monoisotopic (exact) mass is 470 g/mol. The zero-order valence-corrected chi connectivity index (χ0v) is 21.0. The number of piperidine rings is 1. The number of hydrogen-bond acceptors (Lipinski definition) is 5. The Labute approximate surface area is 204 Å². The predicted octanol–water partition coefficient (Wildman–Crippen LogP) is 4.82. The van der Waals surface area contributed by atoms with E-state index >= 15 is 4.39 Å². The van der Waals surface area contributed by atoms with E-state index in [2.05, 4.69) is 41.3 Å². The molecule has 6 heteroatoms. The summed E-state index contributed by atoms with van der Waals surface area (Å²) < 4.78 is 22.2. The first-order valence-electron chi connectivity index (χ1n) is 13.7. The van der Waals surface area contributed by atoms with Crippen LogP contribution >= 0.6 is 0 Å². The fourth-order valence-electron chi connectivity index (χ4n) is 6.90. The van der Waals surface area contributed by atoms with Crippen LogP contribution in [0.15, 0.2) is 12.1 Å². The fraction of sp³-hybridized carbons (Fsp3) is 0.714. The highest BCUT2D eigenvalue weighted by molar-refractivity contribution is 5.77. The van der Waals surface area contributed by atoms with E-state index in [0.29, 0.717) is 41.8 Å². The van der Waals surface area contributed by atoms with E-state index < -0.39 is 0 Å². The van der Waals surface area contributed by atoms with Crippen molar-refractivity contribution in [2.45, 2.75) is 89.4 Å². The highest BCUT2D eigenvalue weighted by atomic mass is 19.1. The van der Waals surface area contributed by atoms with Gasteiger partial charge >= 0.3 is 0 Å². The Morgan fingerprint density at radius 1 is 1.09 bits per heavy atom. The lowest BCUT2D eigenvalue weighted by molar-refractivity contribution is 0.129. The summed E-state index contributed by atoms with van der Waals surface area (Å²) in [5.41, 5.74) is 3.55. The number of nitrogens with one attached hydrogen (secondary N) is 4. The molecule has 188 valence electrons. The molecular formula is C28H43FN4O. The number of ether oxygens (including phenoxy) is 1.